The summed E-state index contributed by atoms with van der Waals surface area (Å²) in [6.07, 6.45) is 3.11. The number of nitrogens with zero attached hydrogens (tertiary/aromatic N) is 3. The van der Waals surface area contributed by atoms with E-state index in [2.05, 4.69) is 4.98 Å². The monoisotopic (exact) mass is 383 g/mol. The zero-order valence-corrected chi connectivity index (χ0v) is 15.7. The zero-order valence-electron chi connectivity index (χ0n) is 15.7. The van der Waals surface area contributed by atoms with E-state index in [9.17, 15) is 14.0 Å². The minimum Gasteiger partial charge on any atom is -0.361 e. The summed E-state index contributed by atoms with van der Waals surface area (Å²) in [7, 11) is 0. The Bertz CT molecular complexity index is 919. The fourth-order valence-corrected chi connectivity index (χ4v) is 3.97. The molecule has 2 aliphatic rings. The Morgan fingerprint density at radius 3 is 2.89 bits per heavy atom. The highest BCUT2D eigenvalue weighted by atomic mass is 19.1. The van der Waals surface area contributed by atoms with Crippen LogP contribution < -0.4 is 4.90 Å². The van der Waals surface area contributed by atoms with Gasteiger partial charge in [0.15, 0.2) is 0 Å². The van der Waals surface area contributed by atoms with Crippen molar-refractivity contribution in [2.45, 2.75) is 25.4 Å². The van der Waals surface area contributed by atoms with Gasteiger partial charge in [0.05, 0.1) is 13.1 Å². The predicted octanol–water partition coefficient (Wildman–Crippen LogP) is 2.57. The smallest absolute Gasteiger partial charge is 0.272 e. The summed E-state index contributed by atoms with van der Waals surface area (Å²) >= 11 is 0. The highest BCUT2D eigenvalue weighted by molar-refractivity contribution is 5.96. The summed E-state index contributed by atoms with van der Waals surface area (Å²) in [5, 5.41) is 0. The number of pyridine rings is 1. The summed E-state index contributed by atoms with van der Waals surface area (Å²) in [6, 6.07) is 9.65. The van der Waals surface area contributed by atoms with Gasteiger partial charge in [-0.05, 0) is 49.6 Å². The molecule has 2 aliphatic heterocycles. The number of anilines is 1. The van der Waals surface area contributed by atoms with Gasteiger partial charge in [0.2, 0.25) is 0 Å². The Morgan fingerprint density at radius 2 is 2.11 bits per heavy atom. The van der Waals surface area contributed by atoms with Crippen LogP contribution in [-0.4, -0.2) is 53.5 Å². The third-order valence-electron chi connectivity index (χ3n) is 5.41. The molecule has 6 nitrogen and oxygen atoms in total. The summed E-state index contributed by atoms with van der Waals surface area (Å²) in [5.41, 5.74) is 1.12. The molecule has 146 valence electrons. The summed E-state index contributed by atoms with van der Waals surface area (Å²) < 4.78 is 19.6. The van der Waals surface area contributed by atoms with Crippen LogP contribution in [0.2, 0.25) is 0 Å². The minimum absolute atomic E-state index is 0.0822. The molecule has 2 fully saturated rings. The van der Waals surface area contributed by atoms with E-state index in [1.807, 2.05) is 13.0 Å². The van der Waals surface area contributed by atoms with Gasteiger partial charge in [-0.1, -0.05) is 12.1 Å². The van der Waals surface area contributed by atoms with Crippen LogP contribution in [-0.2, 0) is 9.53 Å². The van der Waals surface area contributed by atoms with Gasteiger partial charge in [0.25, 0.3) is 11.8 Å². The number of hydrogen-bond acceptors (Lipinski definition) is 4. The van der Waals surface area contributed by atoms with Crippen LogP contribution in [0.1, 0.15) is 28.9 Å². The molecule has 1 unspecified atom stereocenters. The van der Waals surface area contributed by atoms with Crippen LogP contribution in [0.25, 0.3) is 0 Å². The van der Waals surface area contributed by atoms with E-state index in [4.69, 9.17) is 4.74 Å². The Kier molecular flexibility index (Phi) is 4.85. The van der Waals surface area contributed by atoms with E-state index in [-0.39, 0.29) is 18.4 Å². The maximum absolute atomic E-state index is 13.6. The van der Waals surface area contributed by atoms with E-state index in [0.717, 1.165) is 18.4 Å². The number of aryl methyl sites for hydroxylation is 1. The van der Waals surface area contributed by atoms with Crippen molar-refractivity contribution in [3.8, 4) is 0 Å². The van der Waals surface area contributed by atoms with E-state index >= 15 is 0 Å². The Hall–Kier alpha value is -2.80. The summed E-state index contributed by atoms with van der Waals surface area (Å²) in [4.78, 5) is 32.9. The largest absolute Gasteiger partial charge is 0.361 e. The topological polar surface area (TPSA) is 62.7 Å². The van der Waals surface area contributed by atoms with Crippen LogP contribution in [0.15, 0.2) is 42.6 Å². The Morgan fingerprint density at radius 1 is 1.25 bits per heavy atom. The first-order valence-corrected chi connectivity index (χ1v) is 9.38. The highest BCUT2D eigenvalue weighted by Crippen LogP contribution is 2.32. The van der Waals surface area contributed by atoms with Gasteiger partial charge < -0.3 is 14.5 Å². The molecular weight excluding hydrogens is 361 g/mol. The first-order valence-electron chi connectivity index (χ1n) is 9.38. The molecule has 3 heterocycles. The molecular formula is C21H22FN3O3. The average Bonchev–Trinajstić information content (AvgIpc) is 2.70. The SMILES string of the molecule is Cc1cccnc1C(=O)N1CCCC2(C1)CN(c1cccc(F)c1)C(=O)CO2. The number of likely N-dealkylation sites (tertiary alicyclic amines) is 1. The second kappa shape index (κ2) is 7.31. The van der Waals surface area contributed by atoms with Crippen molar-refractivity contribution in [2.24, 2.45) is 0 Å². The normalized spacial score (nSPS) is 22.6. The number of rotatable bonds is 2. The molecule has 0 N–H and O–H groups in total. The van der Waals surface area contributed by atoms with Crippen LogP contribution in [0.3, 0.4) is 0 Å². The van der Waals surface area contributed by atoms with Crippen molar-refractivity contribution in [3.05, 3.63) is 59.7 Å². The molecule has 0 radical (unpaired) electrons. The molecule has 0 aliphatic carbocycles. The van der Waals surface area contributed by atoms with Crippen LogP contribution >= 0.6 is 0 Å². The Balaban J connectivity index is 1.56. The second-order valence-corrected chi connectivity index (χ2v) is 7.43. The predicted molar refractivity (Wildman–Crippen MR) is 102 cm³/mol. The number of aromatic nitrogens is 1. The first kappa shape index (κ1) is 18.6. The van der Waals surface area contributed by atoms with E-state index in [1.54, 1.807) is 34.2 Å². The second-order valence-electron chi connectivity index (χ2n) is 7.43. The lowest BCUT2D eigenvalue weighted by Crippen LogP contribution is -2.62. The van der Waals surface area contributed by atoms with Gasteiger partial charge in [-0.25, -0.2) is 4.39 Å². The van der Waals surface area contributed by atoms with Gasteiger partial charge in [-0.3, -0.25) is 14.6 Å². The van der Waals surface area contributed by atoms with Crippen molar-refractivity contribution < 1.29 is 18.7 Å². The number of carbonyl (C=O) groups excluding carboxylic acids is 2. The molecule has 2 amide bonds. The maximum atomic E-state index is 13.6. The minimum atomic E-state index is -0.656. The number of amides is 2. The molecule has 7 heteroatoms. The third-order valence-corrected chi connectivity index (χ3v) is 5.41. The number of benzene rings is 1. The number of carbonyl (C=O) groups is 2. The third kappa shape index (κ3) is 3.49. The van der Waals surface area contributed by atoms with Crippen LogP contribution in [0, 0.1) is 12.7 Å². The fourth-order valence-electron chi connectivity index (χ4n) is 3.97. The maximum Gasteiger partial charge on any atom is 0.272 e. The molecule has 28 heavy (non-hydrogen) atoms. The van der Waals surface area contributed by atoms with Crippen molar-refractivity contribution >= 4 is 17.5 Å². The number of morpholine rings is 1. The molecule has 0 bridgehead atoms. The van der Waals surface area contributed by atoms with Crippen molar-refractivity contribution in [2.75, 3.05) is 31.1 Å². The molecule has 2 saturated heterocycles. The number of piperidine rings is 1. The number of ether oxygens (including phenoxy) is 1. The van der Waals surface area contributed by atoms with Gasteiger partial charge in [0.1, 0.15) is 23.7 Å². The molecule has 4 rings (SSSR count). The molecule has 1 aromatic carbocycles. The highest BCUT2D eigenvalue weighted by Gasteiger charge is 2.44. The lowest BCUT2D eigenvalue weighted by Gasteiger charge is -2.47. The molecule has 0 saturated carbocycles. The molecule has 1 aromatic heterocycles. The molecule has 1 spiro atoms. The quantitative estimate of drug-likeness (QED) is 0.800. The van der Waals surface area contributed by atoms with Crippen molar-refractivity contribution in [1.82, 2.24) is 9.88 Å². The average molecular weight is 383 g/mol. The number of hydrogen-bond donors (Lipinski definition) is 0. The van der Waals surface area contributed by atoms with Crippen molar-refractivity contribution in [3.63, 3.8) is 0 Å². The van der Waals surface area contributed by atoms with E-state index < -0.39 is 11.4 Å². The van der Waals surface area contributed by atoms with Gasteiger partial charge in [0, 0.05) is 18.4 Å². The van der Waals surface area contributed by atoms with Gasteiger partial charge >= 0.3 is 0 Å². The lowest BCUT2D eigenvalue weighted by atomic mass is 9.90. The molecule has 1 atom stereocenters. The number of halogens is 1. The fraction of sp³-hybridized carbons (Fsp3) is 0.381. The summed E-state index contributed by atoms with van der Waals surface area (Å²) in [5.74, 6) is -0.729. The standard InChI is InChI=1S/C21H22FN3O3/c1-15-5-3-9-23-19(15)20(27)24-10-4-8-21(13-24)14-25(18(26)12-28-21)17-7-2-6-16(22)11-17/h2-3,5-7,9,11H,4,8,10,12-14H2,1H3. The molecule has 2 aromatic rings. The van der Waals surface area contributed by atoms with Crippen LogP contribution in [0.5, 0.6) is 0 Å². The summed E-state index contributed by atoms with van der Waals surface area (Å²) in [6.45, 7) is 3.07. The van der Waals surface area contributed by atoms with Gasteiger partial charge in [-0.2, -0.15) is 0 Å². The zero-order chi connectivity index (χ0) is 19.7. The Labute approximate surface area is 162 Å². The first-order chi connectivity index (χ1) is 13.5. The van der Waals surface area contributed by atoms with E-state index in [0.29, 0.717) is 31.0 Å². The van der Waals surface area contributed by atoms with E-state index in [1.165, 1.54) is 12.1 Å². The lowest BCUT2D eigenvalue weighted by molar-refractivity contribution is -0.144. The van der Waals surface area contributed by atoms with Gasteiger partial charge in [-0.15, -0.1) is 0 Å². The van der Waals surface area contributed by atoms with Crippen LogP contribution in [0.4, 0.5) is 10.1 Å². The van der Waals surface area contributed by atoms with Crippen molar-refractivity contribution in [1.29, 1.82) is 0 Å².